The van der Waals surface area contributed by atoms with E-state index in [1.54, 1.807) is 34.4 Å². The third kappa shape index (κ3) is 3.61. The zero-order valence-corrected chi connectivity index (χ0v) is 17.1. The molecule has 1 aliphatic carbocycles. The van der Waals surface area contributed by atoms with Crippen LogP contribution in [0, 0.1) is 5.92 Å². The van der Waals surface area contributed by atoms with E-state index in [2.05, 4.69) is 11.9 Å². The number of nitrogens with zero attached hydrogens (tertiary/aromatic N) is 2. The van der Waals surface area contributed by atoms with Crippen LogP contribution in [0.5, 0.6) is 0 Å². The Kier molecular flexibility index (Phi) is 5.31. The molecule has 28 heavy (non-hydrogen) atoms. The molecule has 6 heteroatoms. The van der Waals surface area contributed by atoms with Crippen molar-refractivity contribution < 1.29 is 9.53 Å². The van der Waals surface area contributed by atoms with E-state index >= 15 is 0 Å². The van der Waals surface area contributed by atoms with Crippen LogP contribution in [-0.2, 0) is 24.1 Å². The number of aryl methyl sites for hydroxylation is 1. The molecule has 1 aromatic carbocycles. The number of rotatable bonds is 5. The molecule has 4 rings (SSSR count). The number of hydrogen-bond acceptors (Lipinski definition) is 5. The lowest BCUT2D eigenvalue weighted by Crippen LogP contribution is -2.22. The summed E-state index contributed by atoms with van der Waals surface area (Å²) in [5.41, 5.74) is 2.72. The molecule has 0 radical (unpaired) electrons. The van der Waals surface area contributed by atoms with Crippen LogP contribution in [0.4, 0.5) is 0 Å². The van der Waals surface area contributed by atoms with Crippen molar-refractivity contribution in [2.75, 3.05) is 6.61 Å². The highest BCUT2D eigenvalue weighted by atomic mass is 32.1. The molecule has 0 unspecified atom stereocenters. The quantitative estimate of drug-likeness (QED) is 0.607. The van der Waals surface area contributed by atoms with Gasteiger partial charge in [-0.1, -0.05) is 26.0 Å². The van der Waals surface area contributed by atoms with Gasteiger partial charge in [-0.15, -0.1) is 11.3 Å². The molecule has 5 nitrogen and oxygen atoms in total. The Morgan fingerprint density at radius 2 is 2.11 bits per heavy atom. The molecule has 2 heterocycles. The van der Waals surface area contributed by atoms with E-state index in [9.17, 15) is 9.59 Å². The van der Waals surface area contributed by atoms with Crippen LogP contribution in [0.25, 0.3) is 10.2 Å². The highest BCUT2D eigenvalue weighted by Crippen LogP contribution is 2.35. The summed E-state index contributed by atoms with van der Waals surface area (Å²) in [7, 11) is 0. The largest absolute Gasteiger partial charge is 0.462 e. The maximum Gasteiger partial charge on any atom is 0.338 e. The van der Waals surface area contributed by atoms with Crippen LogP contribution in [0.1, 0.15) is 53.1 Å². The Bertz CT molecular complexity index is 1070. The molecule has 0 saturated heterocycles. The Hall–Kier alpha value is -2.47. The van der Waals surface area contributed by atoms with E-state index in [-0.39, 0.29) is 11.5 Å². The van der Waals surface area contributed by atoms with Gasteiger partial charge < -0.3 is 4.74 Å². The number of benzene rings is 1. The predicted molar refractivity (Wildman–Crippen MR) is 111 cm³/mol. The predicted octanol–water partition coefficient (Wildman–Crippen LogP) is 4.20. The fourth-order valence-corrected chi connectivity index (χ4v) is 5.04. The van der Waals surface area contributed by atoms with Crippen LogP contribution < -0.4 is 5.56 Å². The van der Waals surface area contributed by atoms with Gasteiger partial charge in [-0.05, 0) is 54.9 Å². The van der Waals surface area contributed by atoms with Gasteiger partial charge in [0.15, 0.2) is 0 Å². The van der Waals surface area contributed by atoms with E-state index in [1.807, 2.05) is 19.1 Å². The van der Waals surface area contributed by atoms with Gasteiger partial charge >= 0.3 is 5.97 Å². The molecule has 0 spiro atoms. The standard InChI is InChI=1S/C22H24N2O3S/c1-3-10-27-22(26)16-7-5-15(6-8-16)12-24-13-23-20-19(21(24)25)17-9-4-14(2)11-18(17)28-20/h5-8,13-14H,3-4,9-12H2,1-2H3/t14-/m1/s1. The lowest BCUT2D eigenvalue weighted by Gasteiger charge is -2.17. The molecule has 0 fully saturated rings. The lowest BCUT2D eigenvalue weighted by molar-refractivity contribution is 0.0505. The van der Waals surface area contributed by atoms with Gasteiger partial charge in [-0.25, -0.2) is 9.78 Å². The minimum absolute atomic E-state index is 0.0310. The molecular formula is C22H24N2O3S. The minimum Gasteiger partial charge on any atom is -0.462 e. The molecule has 146 valence electrons. The van der Waals surface area contributed by atoms with Crippen LogP contribution >= 0.6 is 11.3 Å². The van der Waals surface area contributed by atoms with Crippen molar-refractivity contribution in [3.63, 3.8) is 0 Å². The summed E-state index contributed by atoms with van der Waals surface area (Å²) in [6, 6.07) is 7.23. The summed E-state index contributed by atoms with van der Waals surface area (Å²) in [5.74, 6) is 0.359. The van der Waals surface area contributed by atoms with Crippen LogP contribution in [0.15, 0.2) is 35.4 Å². The first-order valence-electron chi connectivity index (χ1n) is 9.82. The van der Waals surface area contributed by atoms with E-state index in [0.29, 0.717) is 24.6 Å². The summed E-state index contributed by atoms with van der Waals surface area (Å²) < 4.78 is 6.82. The number of ether oxygens (including phenoxy) is 1. The third-order valence-corrected chi connectivity index (χ3v) is 6.42. The van der Waals surface area contributed by atoms with Gasteiger partial charge in [0, 0.05) is 4.88 Å². The second-order valence-electron chi connectivity index (χ2n) is 7.54. The van der Waals surface area contributed by atoms with E-state index < -0.39 is 0 Å². The number of thiophene rings is 1. The number of aromatic nitrogens is 2. The van der Waals surface area contributed by atoms with Gasteiger partial charge in [0.05, 0.1) is 30.4 Å². The molecule has 0 saturated carbocycles. The summed E-state index contributed by atoms with van der Waals surface area (Å²) in [4.78, 5) is 31.7. The first-order valence-corrected chi connectivity index (χ1v) is 10.6. The third-order valence-electron chi connectivity index (χ3n) is 5.26. The van der Waals surface area contributed by atoms with Crippen molar-refractivity contribution in [3.8, 4) is 0 Å². The monoisotopic (exact) mass is 396 g/mol. The van der Waals surface area contributed by atoms with Crippen LogP contribution in [0.3, 0.4) is 0 Å². The summed E-state index contributed by atoms with van der Waals surface area (Å²) in [6.07, 6.45) is 5.58. The van der Waals surface area contributed by atoms with Gasteiger partial charge in [0.1, 0.15) is 4.83 Å². The van der Waals surface area contributed by atoms with Crippen molar-refractivity contribution in [2.45, 2.75) is 46.1 Å². The van der Waals surface area contributed by atoms with Crippen molar-refractivity contribution >= 4 is 27.5 Å². The first kappa shape index (κ1) is 18.9. The molecule has 2 aromatic heterocycles. The molecule has 1 atom stereocenters. The number of carbonyl (C=O) groups is 1. The van der Waals surface area contributed by atoms with E-state index in [0.717, 1.165) is 41.5 Å². The Labute approximate surface area is 168 Å². The van der Waals surface area contributed by atoms with E-state index in [4.69, 9.17) is 4.74 Å². The van der Waals surface area contributed by atoms with Gasteiger partial charge in [0.25, 0.3) is 5.56 Å². The first-order chi connectivity index (χ1) is 13.6. The number of fused-ring (bicyclic) bond motifs is 3. The Morgan fingerprint density at radius 1 is 1.32 bits per heavy atom. The normalized spacial score (nSPS) is 16.1. The number of hydrogen-bond donors (Lipinski definition) is 0. The molecule has 1 aliphatic rings. The second-order valence-corrected chi connectivity index (χ2v) is 8.63. The number of esters is 1. The number of carbonyl (C=O) groups excluding carboxylic acids is 1. The van der Waals surface area contributed by atoms with Gasteiger partial charge in [-0.2, -0.15) is 0 Å². The average molecular weight is 397 g/mol. The zero-order valence-electron chi connectivity index (χ0n) is 16.2. The molecule has 0 amide bonds. The highest BCUT2D eigenvalue weighted by Gasteiger charge is 2.23. The topological polar surface area (TPSA) is 61.2 Å². The van der Waals surface area contributed by atoms with Crippen LogP contribution in [0.2, 0.25) is 0 Å². The second kappa shape index (κ2) is 7.87. The maximum absolute atomic E-state index is 13.1. The fourth-order valence-electron chi connectivity index (χ4n) is 3.70. The zero-order chi connectivity index (χ0) is 19.7. The summed E-state index contributed by atoms with van der Waals surface area (Å²) in [5, 5.41) is 0.800. The molecular weight excluding hydrogens is 372 g/mol. The van der Waals surface area contributed by atoms with Crippen molar-refractivity contribution in [1.29, 1.82) is 0 Å². The average Bonchev–Trinajstić information content (AvgIpc) is 3.07. The Balaban J connectivity index is 1.59. The smallest absolute Gasteiger partial charge is 0.338 e. The SMILES string of the molecule is CCCOC(=O)c1ccc(Cn2cnc3sc4c(c3c2=O)CC[C@@H](C)C4)cc1. The van der Waals surface area contributed by atoms with E-state index in [1.165, 1.54) is 10.4 Å². The van der Waals surface area contributed by atoms with Crippen LogP contribution in [-0.4, -0.2) is 22.1 Å². The van der Waals surface area contributed by atoms with Crippen molar-refractivity contribution in [2.24, 2.45) is 5.92 Å². The molecule has 0 bridgehead atoms. The lowest BCUT2D eigenvalue weighted by atomic mass is 9.89. The minimum atomic E-state index is -0.312. The molecule has 0 N–H and O–H groups in total. The fraction of sp³-hybridized carbons (Fsp3) is 0.409. The van der Waals surface area contributed by atoms with Crippen molar-refractivity contribution in [3.05, 3.63) is 62.5 Å². The Morgan fingerprint density at radius 3 is 2.86 bits per heavy atom. The molecule has 3 aromatic rings. The van der Waals surface area contributed by atoms with Crippen molar-refractivity contribution in [1.82, 2.24) is 9.55 Å². The maximum atomic E-state index is 13.1. The van der Waals surface area contributed by atoms with Gasteiger partial charge in [0.2, 0.25) is 0 Å². The highest BCUT2D eigenvalue weighted by molar-refractivity contribution is 7.18. The summed E-state index contributed by atoms with van der Waals surface area (Å²) in [6.45, 7) is 5.09. The molecule has 0 aliphatic heterocycles. The van der Waals surface area contributed by atoms with Gasteiger partial charge in [-0.3, -0.25) is 9.36 Å². The summed E-state index contributed by atoms with van der Waals surface area (Å²) >= 11 is 1.67.